The van der Waals surface area contributed by atoms with Gasteiger partial charge in [-0.25, -0.2) is 0 Å². The molecule has 1 N–H and O–H groups in total. The van der Waals surface area contributed by atoms with E-state index in [0.717, 1.165) is 4.90 Å². The number of carboxylic acids is 1. The Bertz CT molecular complexity index is 380. The van der Waals surface area contributed by atoms with Gasteiger partial charge in [-0.2, -0.15) is 13.2 Å². The number of carboxylic acid groups (broad SMARTS) is 1. The monoisotopic (exact) mass is 309 g/mol. The lowest BCUT2D eigenvalue weighted by molar-refractivity contribution is -0.168. The minimum atomic E-state index is -4.44. The van der Waals surface area contributed by atoms with E-state index >= 15 is 0 Å². The molecule has 0 heterocycles. The van der Waals surface area contributed by atoms with E-state index < -0.39 is 42.5 Å². The Morgan fingerprint density at radius 3 is 2.10 bits per heavy atom. The van der Waals surface area contributed by atoms with Gasteiger partial charge in [0.05, 0.1) is 5.92 Å². The molecule has 0 bridgehead atoms. The first-order valence-corrected chi connectivity index (χ1v) is 7.29. The van der Waals surface area contributed by atoms with Gasteiger partial charge >= 0.3 is 12.1 Å². The lowest BCUT2D eigenvalue weighted by Crippen LogP contribution is -2.47. The SMILES string of the molecule is CCC(CC)N(CC(F)(F)F)C(=O)C1CCC(C(=O)O)C1. The van der Waals surface area contributed by atoms with E-state index in [1.807, 2.05) is 0 Å². The van der Waals surface area contributed by atoms with Gasteiger partial charge in [0.1, 0.15) is 6.54 Å². The molecule has 7 heteroatoms. The molecule has 1 aliphatic rings. The van der Waals surface area contributed by atoms with Crippen LogP contribution in [0.4, 0.5) is 13.2 Å². The number of nitrogens with zero attached hydrogens (tertiary/aromatic N) is 1. The van der Waals surface area contributed by atoms with Crippen molar-refractivity contribution in [2.75, 3.05) is 6.54 Å². The van der Waals surface area contributed by atoms with Crippen LogP contribution in [0.15, 0.2) is 0 Å². The lowest BCUT2D eigenvalue weighted by atomic mass is 10.0. The number of hydrogen-bond acceptors (Lipinski definition) is 2. The van der Waals surface area contributed by atoms with Crippen LogP contribution in [0.25, 0.3) is 0 Å². The molecule has 21 heavy (non-hydrogen) atoms. The molecule has 0 aromatic heterocycles. The van der Waals surface area contributed by atoms with Gasteiger partial charge in [0, 0.05) is 12.0 Å². The Balaban J connectivity index is 2.83. The Hall–Kier alpha value is -1.27. The summed E-state index contributed by atoms with van der Waals surface area (Å²) >= 11 is 0. The van der Waals surface area contributed by atoms with Gasteiger partial charge in [-0.1, -0.05) is 13.8 Å². The Morgan fingerprint density at radius 2 is 1.71 bits per heavy atom. The molecule has 1 rings (SSSR count). The second-order valence-corrected chi connectivity index (χ2v) is 5.60. The van der Waals surface area contributed by atoms with Crippen LogP contribution in [-0.2, 0) is 9.59 Å². The first-order valence-electron chi connectivity index (χ1n) is 7.29. The van der Waals surface area contributed by atoms with Gasteiger partial charge in [-0.05, 0) is 32.1 Å². The van der Waals surface area contributed by atoms with E-state index in [-0.39, 0.29) is 6.42 Å². The van der Waals surface area contributed by atoms with Crippen molar-refractivity contribution in [3.63, 3.8) is 0 Å². The third-order valence-electron chi connectivity index (χ3n) is 4.15. The highest BCUT2D eigenvalue weighted by Gasteiger charge is 2.41. The molecule has 1 saturated carbocycles. The number of alkyl halides is 3. The molecule has 0 radical (unpaired) electrons. The van der Waals surface area contributed by atoms with Crippen molar-refractivity contribution in [2.24, 2.45) is 11.8 Å². The Morgan fingerprint density at radius 1 is 1.19 bits per heavy atom. The van der Waals surface area contributed by atoms with E-state index in [1.165, 1.54) is 0 Å². The van der Waals surface area contributed by atoms with E-state index in [9.17, 15) is 22.8 Å². The number of carbonyl (C=O) groups is 2. The average Bonchev–Trinajstić information content (AvgIpc) is 2.86. The normalized spacial score (nSPS) is 22.6. The van der Waals surface area contributed by atoms with Crippen molar-refractivity contribution in [1.29, 1.82) is 0 Å². The van der Waals surface area contributed by atoms with Crippen molar-refractivity contribution in [3.05, 3.63) is 0 Å². The fraction of sp³-hybridized carbons (Fsp3) is 0.857. The number of amides is 1. The number of carbonyl (C=O) groups excluding carboxylic acids is 1. The van der Waals surface area contributed by atoms with Crippen LogP contribution in [0.5, 0.6) is 0 Å². The molecule has 0 aromatic rings. The predicted molar refractivity (Wildman–Crippen MR) is 70.6 cm³/mol. The van der Waals surface area contributed by atoms with Gasteiger partial charge in [0.15, 0.2) is 0 Å². The van der Waals surface area contributed by atoms with Crippen molar-refractivity contribution < 1.29 is 27.9 Å². The molecule has 0 aliphatic heterocycles. The summed E-state index contributed by atoms with van der Waals surface area (Å²) in [4.78, 5) is 24.2. The van der Waals surface area contributed by atoms with Crippen molar-refractivity contribution >= 4 is 11.9 Å². The van der Waals surface area contributed by atoms with Gasteiger partial charge in [0.2, 0.25) is 5.91 Å². The fourth-order valence-electron chi connectivity index (χ4n) is 2.97. The van der Waals surface area contributed by atoms with Crippen LogP contribution < -0.4 is 0 Å². The zero-order valence-corrected chi connectivity index (χ0v) is 12.3. The summed E-state index contributed by atoms with van der Waals surface area (Å²) in [6.45, 7) is 2.24. The zero-order valence-electron chi connectivity index (χ0n) is 12.3. The maximum absolute atomic E-state index is 12.7. The number of aliphatic carboxylic acids is 1. The summed E-state index contributed by atoms with van der Waals surface area (Å²) in [7, 11) is 0. The first-order chi connectivity index (χ1) is 9.69. The highest BCUT2D eigenvalue weighted by molar-refractivity contribution is 5.81. The van der Waals surface area contributed by atoms with Gasteiger partial charge in [-0.15, -0.1) is 0 Å². The van der Waals surface area contributed by atoms with Crippen molar-refractivity contribution in [1.82, 2.24) is 4.90 Å². The quantitative estimate of drug-likeness (QED) is 0.820. The third-order valence-corrected chi connectivity index (χ3v) is 4.15. The minimum Gasteiger partial charge on any atom is -0.481 e. The molecule has 1 amide bonds. The van der Waals surface area contributed by atoms with Crippen LogP contribution in [0.2, 0.25) is 0 Å². The smallest absolute Gasteiger partial charge is 0.406 e. The van der Waals surface area contributed by atoms with Crippen LogP contribution in [0, 0.1) is 11.8 Å². The second-order valence-electron chi connectivity index (χ2n) is 5.60. The van der Waals surface area contributed by atoms with Gasteiger partial charge < -0.3 is 10.0 Å². The van der Waals surface area contributed by atoms with Gasteiger partial charge in [0.25, 0.3) is 0 Å². The molecule has 0 saturated heterocycles. The maximum atomic E-state index is 12.7. The molecular weight excluding hydrogens is 287 g/mol. The first kappa shape index (κ1) is 17.8. The molecule has 1 fully saturated rings. The Labute approximate surface area is 122 Å². The largest absolute Gasteiger partial charge is 0.481 e. The van der Waals surface area contributed by atoms with E-state index in [2.05, 4.69) is 0 Å². The molecular formula is C14H22F3NO3. The Kier molecular flexibility index (Phi) is 6.04. The molecule has 0 spiro atoms. The molecule has 4 nitrogen and oxygen atoms in total. The number of halogens is 3. The standard InChI is InChI=1S/C14H22F3NO3/c1-3-11(4-2)18(8-14(15,16)17)12(19)9-5-6-10(7-9)13(20)21/h9-11H,3-8H2,1-2H3,(H,20,21). The summed E-state index contributed by atoms with van der Waals surface area (Å²) in [6.07, 6.45) is -2.69. The third kappa shape index (κ3) is 4.89. The summed E-state index contributed by atoms with van der Waals surface area (Å²) in [6, 6.07) is -0.456. The maximum Gasteiger partial charge on any atom is 0.406 e. The fourth-order valence-corrected chi connectivity index (χ4v) is 2.97. The molecule has 0 aromatic carbocycles. The molecule has 1 aliphatic carbocycles. The zero-order chi connectivity index (χ0) is 16.2. The highest BCUT2D eigenvalue weighted by atomic mass is 19.4. The van der Waals surface area contributed by atoms with Gasteiger partial charge in [-0.3, -0.25) is 9.59 Å². The average molecular weight is 309 g/mol. The van der Waals surface area contributed by atoms with Crippen molar-refractivity contribution in [2.45, 2.75) is 58.2 Å². The van der Waals surface area contributed by atoms with Crippen LogP contribution >= 0.6 is 0 Å². The van der Waals surface area contributed by atoms with Crippen LogP contribution in [-0.4, -0.2) is 40.6 Å². The van der Waals surface area contributed by atoms with Crippen molar-refractivity contribution in [3.8, 4) is 0 Å². The molecule has 2 atom stereocenters. The molecule has 122 valence electrons. The summed E-state index contributed by atoms with van der Waals surface area (Å²) in [5, 5.41) is 8.93. The summed E-state index contributed by atoms with van der Waals surface area (Å²) in [5.74, 6) is -2.75. The van der Waals surface area contributed by atoms with E-state index in [4.69, 9.17) is 5.11 Å². The lowest BCUT2D eigenvalue weighted by Gasteiger charge is -2.33. The summed E-state index contributed by atoms with van der Waals surface area (Å²) in [5.41, 5.74) is 0. The topological polar surface area (TPSA) is 57.6 Å². The summed E-state index contributed by atoms with van der Waals surface area (Å²) < 4.78 is 38.1. The van der Waals surface area contributed by atoms with E-state index in [0.29, 0.717) is 25.7 Å². The van der Waals surface area contributed by atoms with Crippen LogP contribution in [0.1, 0.15) is 46.0 Å². The second kappa shape index (κ2) is 7.13. The number of rotatable bonds is 6. The van der Waals surface area contributed by atoms with E-state index in [1.54, 1.807) is 13.8 Å². The van der Waals surface area contributed by atoms with Crippen LogP contribution in [0.3, 0.4) is 0 Å². The number of hydrogen-bond donors (Lipinski definition) is 1. The molecule has 2 unspecified atom stereocenters. The minimum absolute atomic E-state index is 0.142. The highest BCUT2D eigenvalue weighted by Crippen LogP contribution is 2.34. The predicted octanol–water partition coefficient (Wildman–Crippen LogP) is 3.07.